The zero-order valence-electron chi connectivity index (χ0n) is 26.6. The SMILES string of the molecule is COP(=O)(OCCCCCCNC(=O)CCC(=O)N1Cc2ccccc2/C(N(N)C(C)C)=C(/N)c2ccccc21)OC(C)C. The fourth-order valence-corrected chi connectivity index (χ4v) is 6.05. The number of carbonyl (C=O) groups is 2. The van der Waals surface area contributed by atoms with Crippen molar-refractivity contribution >= 4 is 36.7 Å². The van der Waals surface area contributed by atoms with Gasteiger partial charge in [0.05, 0.1) is 36.3 Å². The smallest absolute Gasteiger partial charge is 0.396 e. The van der Waals surface area contributed by atoms with Gasteiger partial charge in [0.1, 0.15) is 0 Å². The first kappa shape index (κ1) is 35.3. The summed E-state index contributed by atoms with van der Waals surface area (Å²) in [7, 11) is -2.21. The van der Waals surface area contributed by atoms with Crippen LogP contribution in [0.4, 0.5) is 5.69 Å². The second-order valence-electron chi connectivity index (χ2n) is 11.3. The van der Waals surface area contributed by atoms with Crippen molar-refractivity contribution in [2.75, 3.05) is 25.2 Å². The number of unbranched alkanes of at least 4 members (excludes halogenated alkanes) is 3. The molecule has 1 heterocycles. The fourth-order valence-electron chi connectivity index (χ4n) is 4.93. The monoisotopic (exact) mass is 629 g/mol. The van der Waals surface area contributed by atoms with E-state index in [0.717, 1.165) is 36.1 Å². The van der Waals surface area contributed by atoms with Gasteiger partial charge in [0.2, 0.25) is 11.8 Å². The van der Waals surface area contributed by atoms with E-state index >= 15 is 0 Å². The molecular formula is C32H48N5O6P. The van der Waals surface area contributed by atoms with Gasteiger partial charge < -0.3 is 21.0 Å². The largest absolute Gasteiger partial charge is 0.474 e. The topological polar surface area (TPSA) is 149 Å². The molecule has 2 aromatic rings. The summed E-state index contributed by atoms with van der Waals surface area (Å²) in [6.07, 6.45) is 3.05. The first-order valence-corrected chi connectivity index (χ1v) is 16.7. The molecule has 5 N–H and O–H groups in total. The van der Waals surface area contributed by atoms with Crippen LogP contribution in [0.2, 0.25) is 0 Å². The van der Waals surface area contributed by atoms with E-state index in [1.165, 1.54) is 7.11 Å². The molecule has 0 spiro atoms. The lowest BCUT2D eigenvalue weighted by Crippen LogP contribution is -2.39. The zero-order chi connectivity index (χ0) is 32.3. The molecule has 0 radical (unpaired) electrons. The molecule has 1 atom stereocenters. The lowest BCUT2D eigenvalue weighted by molar-refractivity contribution is -0.125. The number of anilines is 1. The highest BCUT2D eigenvalue weighted by Crippen LogP contribution is 2.49. The molecule has 3 rings (SSSR count). The average molecular weight is 630 g/mol. The first-order valence-electron chi connectivity index (χ1n) is 15.2. The van der Waals surface area contributed by atoms with Crippen molar-refractivity contribution in [2.24, 2.45) is 11.6 Å². The van der Waals surface area contributed by atoms with Crippen LogP contribution in [0.3, 0.4) is 0 Å². The number of benzene rings is 2. The van der Waals surface area contributed by atoms with Gasteiger partial charge in [-0.1, -0.05) is 55.3 Å². The molecule has 0 aromatic heterocycles. The van der Waals surface area contributed by atoms with Crippen LogP contribution >= 0.6 is 7.82 Å². The van der Waals surface area contributed by atoms with Gasteiger partial charge in [-0.3, -0.25) is 23.2 Å². The quantitative estimate of drug-likeness (QED) is 0.0940. The summed E-state index contributed by atoms with van der Waals surface area (Å²) in [5.41, 5.74) is 11.2. The molecule has 2 aromatic carbocycles. The van der Waals surface area contributed by atoms with Gasteiger partial charge in [0.25, 0.3) is 0 Å². The molecule has 0 fully saturated rings. The minimum atomic E-state index is -3.51. The molecule has 1 aliphatic heterocycles. The molecule has 11 nitrogen and oxygen atoms in total. The number of phosphoric acid groups is 1. The van der Waals surface area contributed by atoms with Crippen molar-refractivity contribution in [1.82, 2.24) is 10.3 Å². The van der Waals surface area contributed by atoms with Crippen LogP contribution in [-0.4, -0.2) is 49.2 Å². The summed E-state index contributed by atoms with van der Waals surface area (Å²) in [6, 6.07) is 15.3. The van der Waals surface area contributed by atoms with Crippen molar-refractivity contribution in [3.63, 3.8) is 0 Å². The number of nitrogens with one attached hydrogen (secondary N) is 1. The zero-order valence-corrected chi connectivity index (χ0v) is 27.5. The third kappa shape index (κ3) is 9.64. The summed E-state index contributed by atoms with van der Waals surface area (Å²) < 4.78 is 27.7. The van der Waals surface area contributed by atoms with Gasteiger partial charge in [0, 0.05) is 43.7 Å². The number of carbonyl (C=O) groups excluding carboxylic acids is 2. The maximum Gasteiger partial charge on any atom is 0.474 e. The number of nitrogens with zero attached hydrogens (tertiary/aromatic N) is 2. The maximum atomic E-state index is 13.6. The number of nitrogens with two attached hydrogens (primary N) is 2. The Bertz CT molecular complexity index is 1350. The second-order valence-corrected chi connectivity index (χ2v) is 13.0. The second kappa shape index (κ2) is 16.7. The summed E-state index contributed by atoms with van der Waals surface area (Å²) in [6.45, 7) is 8.62. The summed E-state index contributed by atoms with van der Waals surface area (Å²) in [4.78, 5) is 27.9. The van der Waals surface area contributed by atoms with E-state index in [9.17, 15) is 14.2 Å². The Morgan fingerprint density at radius 3 is 2.32 bits per heavy atom. The molecule has 0 saturated heterocycles. The average Bonchev–Trinajstić information content (AvgIpc) is 2.99. The Morgan fingerprint density at radius 1 is 0.977 bits per heavy atom. The molecular weight excluding hydrogens is 581 g/mol. The van der Waals surface area contributed by atoms with Crippen molar-refractivity contribution < 1.29 is 27.7 Å². The summed E-state index contributed by atoms with van der Waals surface area (Å²) in [5.74, 6) is 6.17. The van der Waals surface area contributed by atoms with Crippen molar-refractivity contribution in [3.8, 4) is 0 Å². The lowest BCUT2D eigenvalue weighted by Gasteiger charge is -2.34. The molecule has 242 valence electrons. The predicted octanol–water partition coefficient (Wildman–Crippen LogP) is 5.55. The summed E-state index contributed by atoms with van der Waals surface area (Å²) in [5, 5.41) is 4.58. The van der Waals surface area contributed by atoms with E-state index in [0.29, 0.717) is 36.5 Å². The van der Waals surface area contributed by atoms with E-state index in [2.05, 4.69) is 5.32 Å². The van der Waals surface area contributed by atoms with E-state index in [-0.39, 0.29) is 43.4 Å². The Morgan fingerprint density at radius 2 is 1.64 bits per heavy atom. The standard InChI is InChI=1S/C32H48N5O6P/c1-23(2)37(34)32-26-15-9-8-14-25(26)22-36(28-17-11-10-16-27(28)31(32)33)30(39)19-18-29(38)35-20-12-6-7-13-21-42-44(40,41-5)43-24(3)4/h8-11,14-17,23-24H,6-7,12-13,18-22,33-34H2,1-5H3,(H,35,38)/b32-31-. The molecule has 44 heavy (non-hydrogen) atoms. The van der Waals surface area contributed by atoms with Crippen LogP contribution in [0, 0.1) is 0 Å². The van der Waals surface area contributed by atoms with Gasteiger partial charge in [-0.05, 0) is 52.2 Å². The third-order valence-electron chi connectivity index (χ3n) is 7.23. The van der Waals surface area contributed by atoms with Gasteiger partial charge in [-0.25, -0.2) is 10.4 Å². The number of fused-ring (bicyclic) bond motifs is 2. The van der Waals surface area contributed by atoms with Crippen LogP contribution in [0.1, 0.15) is 82.9 Å². The molecule has 0 saturated carbocycles. The number of phosphoric ester groups is 1. The lowest BCUT2D eigenvalue weighted by atomic mass is 9.95. The van der Waals surface area contributed by atoms with Crippen LogP contribution in [0.5, 0.6) is 0 Å². The number of hydrazine groups is 1. The Labute approximate surface area is 261 Å². The molecule has 12 heteroatoms. The van der Waals surface area contributed by atoms with E-state index in [1.807, 2.05) is 62.4 Å². The number of amides is 2. The molecule has 0 aliphatic carbocycles. The van der Waals surface area contributed by atoms with Crippen LogP contribution in [-0.2, 0) is 34.3 Å². The Hall–Kier alpha value is -3.21. The molecule has 1 aliphatic rings. The number of rotatable bonds is 16. The predicted molar refractivity (Wildman–Crippen MR) is 174 cm³/mol. The fraction of sp³-hybridized carbons (Fsp3) is 0.500. The highest BCUT2D eigenvalue weighted by Gasteiger charge is 2.29. The van der Waals surface area contributed by atoms with Gasteiger partial charge in [-0.2, -0.15) is 0 Å². The summed E-state index contributed by atoms with van der Waals surface area (Å²) >= 11 is 0. The molecule has 0 bridgehead atoms. The highest BCUT2D eigenvalue weighted by atomic mass is 31.2. The Balaban J connectivity index is 1.55. The normalized spacial score (nSPS) is 16.1. The number of para-hydroxylation sites is 1. The molecule has 1 unspecified atom stereocenters. The van der Waals surface area contributed by atoms with Gasteiger partial charge in [-0.15, -0.1) is 0 Å². The van der Waals surface area contributed by atoms with Crippen LogP contribution in [0.15, 0.2) is 48.5 Å². The minimum Gasteiger partial charge on any atom is -0.396 e. The molecule has 2 amide bonds. The maximum absolute atomic E-state index is 13.6. The van der Waals surface area contributed by atoms with E-state index in [4.69, 9.17) is 25.1 Å². The number of hydrogen-bond acceptors (Lipinski definition) is 9. The third-order valence-corrected chi connectivity index (χ3v) is 8.85. The van der Waals surface area contributed by atoms with Crippen LogP contribution in [0.25, 0.3) is 11.4 Å². The minimum absolute atomic E-state index is 0.000625. The first-order chi connectivity index (χ1) is 21.0. The number of hydrogen-bond donors (Lipinski definition) is 3. The van der Waals surface area contributed by atoms with E-state index < -0.39 is 7.82 Å². The van der Waals surface area contributed by atoms with Crippen molar-refractivity contribution in [1.29, 1.82) is 0 Å². The van der Waals surface area contributed by atoms with Crippen molar-refractivity contribution in [2.45, 2.75) is 84.9 Å². The van der Waals surface area contributed by atoms with E-state index in [1.54, 1.807) is 23.8 Å². The Kier molecular flexibility index (Phi) is 13.4. The highest BCUT2D eigenvalue weighted by molar-refractivity contribution is 7.48. The van der Waals surface area contributed by atoms with Gasteiger partial charge >= 0.3 is 7.82 Å². The van der Waals surface area contributed by atoms with Gasteiger partial charge in [0.15, 0.2) is 0 Å². The van der Waals surface area contributed by atoms with Crippen molar-refractivity contribution in [3.05, 3.63) is 65.2 Å². The van der Waals surface area contributed by atoms with Crippen LogP contribution < -0.4 is 21.8 Å².